The van der Waals surface area contributed by atoms with Gasteiger partial charge in [-0.2, -0.15) is 0 Å². The van der Waals surface area contributed by atoms with E-state index < -0.39 is 5.97 Å². The molecule has 0 bridgehead atoms. The van der Waals surface area contributed by atoms with E-state index in [4.69, 9.17) is 5.11 Å². The van der Waals surface area contributed by atoms with E-state index >= 15 is 0 Å². The number of para-hydroxylation sites is 1. The molecule has 5 heteroatoms. The van der Waals surface area contributed by atoms with Crippen LogP contribution in [0.2, 0.25) is 0 Å². The molecule has 0 unspecified atom stereocenters. The van der Waals surface area contributed by atoms with E-state index in [1.54, 1.807) is 31.3 Å². The molecular weight excluding hydrogens is 244 g/mol. The molecule has 0 atom stereocenters. The Labute approximate surface area is 112 Å². The van der Waals surface area contributed by atoms with Gasteiger partial charge in [-0.1, -0.05) is 30.4 Å². The summed E-state index contributed by atoms with van der Waals surface area (Å²) in [7, 11) is 1.62. The second-order valence-corrected chi connectivity index (χ2v) is 4.41. The van der Waals surface area contributed by atoms with Gasteiger partial charge in [0.05, 0.1) is 0 Å². The van der Waals surface area contributed by atoms with Crippen molar-refractivity contribution in [3.8, 4) is 0 Å². The highest BCUT2D eigenvalue weighted by atomic mass is 16.4. The van der Waals surface area contributed by atoms with Crippen LogP contribution >= 0.6 is 0 Å². The summed E-state index contributed by atoms with van der Waals surface area (Å²) >= 11 is 0. The number of carbonyl (C=O) groups excluding carboxylic acids is 1. The van der Waals surface area contributed by atoms with Crippen molar-refractivity contribution in [3.63, 3.8) is 0 Å². The van der Waals surface area contributed by atoms with Crippen molar-refractivity contribution in [2.24, 2.45) is 0 Å². The molecule has 0 aromatic heterocycles. The predicted octanol–water partition coefficient (Wildman–Crippen LogP) is 2.21. The number of benzene rings is 1. The molecule has 0 aliphatic heterocycles. The number of rotatable bonds is 5. The summed E-state index contributed by atoms with van der Waals surface area (Å²) in [4.78, 5) is 25.8. The lowest BCUT2D eigenvalue weighted by Gasteiger charge is -2.27. The van der Waals surface area contributed by atoms with Gasteiger partial charge in [-0.25, -0.2) is 4.79 Å². The number of nitrogens with zero attached hydrogens (tertiary/aromatic N) is 2. The van der Waals surface area contributed by atoms with Crippen LogP contribution in [0.1, 0.15) is 6.92 Å². The van der Waals surface area contributed by atoms with E-state index in [0.717, 1.165) is 5.57 Å². The molecule has 0 aliphatic rings. The van der Waals surface area contributed by atoms with Crippen molar-refractivity contribution in [2.75, 3.05) is 25.0 Å². The average Bonchev–Trinajstić information content (AvgIpc) is 2.35. The van der Waals surface area contributed by atoms with Crippen molar-refractivity contribution in [1.29, 1.82) is 0 Å². The van der Waals surface area contributed by atoms with E-state index in [9.17, 15) is 9.59 Å². The van der Waals surface area contributed by atoms with Crippen molar-refractivity contribution < 1.29 is 14.7 Å². The van der Waals surface area contributed by atoms with Crippen molar-refractivity contribution >= 4 is 17.7 Å². The van der Waals surface area contributed by atoms with Crippen molar-refractivity contribution in [2.45, 2.75) is 6.92 Å². The number of hydrogen-bond donors (Lipinski definition) is 1. The Morgan fingerprint density at radius 1 is 1.21 bits per heavy atom. The van der Waals surface area contributed by atoms with Gasteiger partial charge in [0.25, 0.3) is 0 Å². The maximum absolute atomic E-state index is 12.3. The predicted molar refractivity (Wildman–Crippen MR) is 74.3 cm³/mol. The van der Waals surface area contributed by atoms with Crippen LogP contribution in [0.3, 0.4) is 0 Å². The number of aliphatic carboxylic acids is 1. The van der Waals surface area contributed by atoms with Crippen LogP contribution in [-0.2, 0) is 4.79 Å². The molecule has 1 aromatic carbocycles. The van der Waals surface area contributed by atoms with E-state index in [1.165, 1.54) is 9.80 Å². The van der Waals surface area contributed by atoms with Crippen LogP contribution in [0.4, 0.5) is 10.5 Å². The molecule has 0 saturated carbocycles. The fraction of sp³-hybridized carbons (Fsp3) is 0.286. The molecule has 0 radical (unpaired) electrons. The highest BCUT2D eigenvalue weighted by Crippen LogP contribution is 2.15. The number of likely N-dealkylation sites (N-methyl/N-ethyl adjacent to an activating group) is 1. The molecule has 1 aromatic rings. The van der Waals surface area contributed by atoms with Gasteiger partial charge < -0.3 is 10.0 Å². The fourth-order valence-electron chi connectivity index (χ4n) is 1.69. The quantitative estimate of drug-likeness (QED) is 0.827. The maximum atomic E-state index is 12.3. The summed E-state index contributed by atoms with van der Waals surface area (Å²) in [6.45, 7) is 5.57. The van der Waals surface area contributed by atoms with Crippen LogP contribution in [0.15, 0.2) is 42.5 Å². The number of carbonyl (C=O) groups is 2. The Morgan fingerprint density at radius 2 is 1.79 bits per heavy atom. The fourth-order valence-corrected chi connectivity index (χ4v) is 1.69. The van der Waals surface area contributed by atoms with Gasteiger partial charge in [-0.05, 0) is 19.1 Å². The van der Waals surface area contributed by atoms with E-state index in [-0.39, 0.29) is 12.6 Å². The Kier molecular flexibility index (Phi) is 5.11. The molecule has 19 heavy (non-hydrogen) atoms. The molecule has 1 rings (SSSR count). The largest absolute Gasteiger partial charge is 0.480 e. The zero-order valence-corrected chi connectivity index (χ0v) is 11.2. The normalized spacial score (nSPS) is 9.79. The minimum atomic E-state index is -1.05. The van der Waals surface area contributed by atoms with Crippen LogP contribution in [0, 0.1) is 0 Å². The Morgan fingerprint density at radius 3 is 2.26 bits per heavy atom. The molecule has 102 valence electrons. The molecule has 5 nitrogen and oxygen atoms in total. The Balaban J connectivity index is 2.94. The van der Waals surface area contributed by atoms with Gasteiger partial charge in [0.15, 0.2) is 0 Å². The average molecular weight is 262 g/mol. The third-order valence-corrected chi connectivity index (χ3v) is 2.43. The van der Waals surface area contributed by atoms with Crippen LogP contribution < -0.4 is 4.90 Å². The third kappa shape index (κ3) is 4.46. The van der Waals surface area contributed by atoms with Gasteiger partial charge in [0, 0.05) is 19.3 Å². The van der Waals surface area contributed by atoms with E-state index in [0.29, 0.717) is 12.2 Å². The van der Waals surface area contributed by atoms with Crippen molar-refractivity contribution in [1.82, 2.24) is 4.90 Å². The first-order chi connectivity index (χ1) is 8.91. The molecule has 0 spiro atoms. The summed E-state index contributed by atoms with van der Waals surface area (Å²) in [6.07, 6.45) is 0. The highest BCUT2D eigenvalue weighted by Gasteiger charge is 2.21. The number of carboxylic acid groups (broad SMARTS) is 1. The first-order valence-electron chi connectivity index (χ1n) is 5.85. The first-order valence-corrected chi connectivity index (χ1v) is 5.85. The van der Waals surface area contributed by atoms with Gasteiger partial charge in [-0.3, -0.25) is 9.69 Å². The summed E-state index contributed by atoms with van der Waals surface area (Å²) in [5.74, 6) is -1.05. The number of hydrogen-bond acceptors (Lipinski definition) is 2. The summed E-state index contributed by atoms with van der Waals surface area (Å²) < 4.78 is 0. The Hall–Kier alpha value is -2.30. The number of anilines is 1. The van der Waals surface area contributed by atoms with E-state index in [2.05, 4.69) is 6.58 Å². The second kappa shape index (κ2) is 6.58. The van der Waals surface area contributed by atoms with Gasteiger partial charge in [0.2, 0.25) is 0 Å². The van der Waals surface area contributed by atoms with Gasteiger partial charge in [-0.15, -0.1) is 0 Å². The van der Waals surface area contributed by atoms with Crippen LogP contribution in [0.25, 0.3) is 0 Å². The lowest BCUT2D eigenvalue weighted by atomic mass is 10.3. The van der Waals surface area contributed by atoms with E-state index in [1.807, 2.05) is 13.0 Å². The zero-order chi connectivity index (χ0) is 14.4. The topological polar surface area (TPSA) is 60.9 Å². The third-order valence-electron chi connectivity index (χ3n) is 2.43. The molecule has 1 N–H and O–H groups in total. The zero-order valence-electron chi connectivity index (χ0n) is 11.2. The smallest absolute Gasteiger partial charge is 0.325 e. The molecule has 0 heterocycles. The highest BCUT2D eigenvalue weighted by molar-refractivity contribution is 5.96. The molecule has 0 fully saturated rings. The summed E-state index contributed by atoms with van der Waals surface area (Å²) in [5, 5.41) is 8.93. The number of carboxylic acids is 1. The van der Waals surface area contributed by atoms with Gasteiger partial charge in [0.1, 0.15) is 6.54 Å². The van der Waals surface area contributed by atoms with Crippen molar-refractivity contribution in [3.05, 3.63) is 42.5 Å². The SMILES string of the molecule is C=C(C)CN(C)C(=O)N(CC(=O)O)c1ccccc1. The summed E-state index contributed by atoms with van der Waals surface area (Å²) in [5.41, 5.74) is 1.39. The molecule has 0 aliphatic carbocycles. The Bertz CT molecular complexity index is 471. The molecule has 0 saturated heterocycles. The lowest BCUT2D eigenvalue weighted by molar-refractivity contribution is -0.135. The number of amides is 2. The van der Waals surface area contributed by atoms with Crippen LogP contribution in [0.5, 0.6) is 0 Å². The maximum Gasteiger partial charge on any atom is 0.325 e. The molecular formula is C14H18N2O3. The number of urea groups is 1. The monoisotopic (exact) mass is 262 g/mol. The van der Waals surface area contributed by atoms with Gasteiger partial charge >= 0.3 is 12.0 Å². The minimum absolute atomic E-state index is 0.364. The minimum Gasteiger partial charge on any atom is -0.480 e. The summed E-state index contributed by atoms with van der Waals surface area (Å²) in [6, 6.07) is 8.37. The standard InChI is InChI=1S/C14H18N2O3/c1-11(2)9-15(3)14(19)16(10-13(17)18)12-7-5-4-6-8-12/h4-8H,1,9-10H2,2-3H3,(H,17,18). The lowest BCUT2D eigenvalue weighted by Crippen LogP contribution is -2.44. The van der Waals surface area contributed by atoms with Crippen LogP contribution in [-0.4, -0.2) is 42.1 Å². The molecule has 2 amide bonds. The second-order valence-electron chi connectivity index (χ2n) is 4.41. The first kappa shape index (κ1) is 14.8.